The number of rotatable bonds is 7. The zero-order chi connectivity index (χ0) is 13.7. The SMILES string of the molecule is CNc1nc(NCCOCCO)c2cc(C)sc2n1. The van der Waals surface area contributed by atoms with Gasteiger partial charge in [-0.05, 0) is 13.0 Å². The van der Waals surface area contributed by atoms with Crippen molar-refractivity contribution in [2.24, 2.45) is 0 Å². The van der Waals surface area contributed by atoms with E-state index in [1.54, 1.807) is 18.4 Å². The maximum absolute atomic E-state index is 8.62. The van der Waals surface area contributed by atoms with Gasteiger partial charge >= 0.3 is 0 Å². The van der Waals surface area contributed by atoms with Crippen molar-refractivity contribution in [2.45, 2.75) is 6.92 Å². The number of hydrogen-bond donors (Lipinski definition) is 3. The van der Waals surface area contributed by atoms with Gasteiger partial charge in [0.25, 0.3) is 0 Å². The van der Waals surface area contributed by atoms with Crippen molar-refractivity contribution in [3.63, 3.8) is 0 Å². The Bertz CT molecular complexity index is 544. The molecule has 0 fully saturated rings. The van der Waals surface area contributed by atoms with E-state index >= 15 is 0 Å². The van der Waals surface area contributed by atoms with E-state index in [0.717, 1.165) is 16.0 Å². The van der Waals surface area contributed by atoms with Gasteiger partial charge in [0.05, 0.1) is 25.2 Å². The predicted octanol–water partition coefficient (Wildman–Crippen LogP) is 1.46. The summed E-state index contributed by atoms with van der Waals surface area (Å²) in [6, 6.07) is 2.08. The Labute approximate surface area is 115 Å². The van der Waals surface area contributed by atoms with Crippen LogP contribution in [0.4, 0.5) is 11.8 Å². The summed E-state index contributed by atoms with van der Waals surface area (Å²) >= 11 is 1.65. The molecule has 0 saturated carbocycles. The standard InChI is InChI=1S/C12H18N4O2S/c1-8-7-9-10(14-3-5-18-6-4-17)15-12(13-2)16-11(9)19-8/h7,17H,3-6H2,1-2H3,(H2,13,14,15,16). The Morgan fingerprint density at radius 1 is 1.37 bits per heavy atom. The van der Waals surface area contributed by atoms with Crippen LogP contribution in [0.1, 0.15) is 4.88 Å². The van der Waals surface area contributed by atoms with Gasteiger partial charge < -0.3 is 20.5 Å². The fraction of sp³-hybridized carbons (Fsp3) is 0.500. The molecule has 0 unspecified atom stereocenters. The third-order valence-corrected chi connectivity index (χ3v) is 3.46. The molecule has 0 saturated heterocycles. The van der Waals surface area contributed by atoms with Gasteiger partial charge in [0.1, 0.15) is 10.6 Å². The summed E-state index contributed by atoms with van der Waals surface area (Å²) in [5.74, 6) is 1.42. The minimum atomic E-state index is 0.0470. The van der Waals surface area contributed by atoms with Gasteiger partial charge in [-0.1, -0.05) is 0 Å². The molecule has 19 heavy (non-hydrogen) atoms. The third-order valence-electron chi connectivity index (χ3n) is 2.51. The van der Waals surface area contributed by atoms with Crippen molar-refractivity contribution >= 4 is 33.3 Å². The van der Waals surface area contributed by atoms with Crippen molar-refractivity contribution in [1.82, 2.24) is 9.97 Å². The van der Waals surface area contributed by atoms with Gasteiger partial charge in [-0.2, -0.15) is 4.98 Å². The van der Waals surface area contributed by atoms with E-state index in [2.05, 4.69) is 33.6 Å². The number of nitrogens with zero attached hydrogens (tertiary/aromatic N) is 2. The third kappa shape index (κ3) is 3.52. The number of thiophene rings is 1. The fourth-order valence-electron chi connectivity index (χ4n) is 1.70. The molecular formula is C12H18N4O2S. The zero-order valence-corrected chi connectivity index (χ0v) is 11.9. The van der Waals surface area contributed by atoms with E-state index in [9.17, 15) is 0 Å². The molecule has 3 N–H and O–H groups in total. The number of aromatic nitrogens is 2. The highest BCUT2D eigenvalue weighted by atomic mass is 32.1. The average molecular weight is 282 g/mol. The van der Waals surface area contributed by atoms with Crippen LogP contribution in [0.2, 0.25) is 0 Å². The number of aliphatic hydroxyl groups excluding tert-OH is 1. The molecule has 0 atom stereocenters. The summed E-state index contributed by atoms with van der Waals surface area (Å²) in [6.45, 7) is 3.64. The van der Waals surface area contributed by atoms with Crippen LogP contribution in [0.3, 0.4) is 0 Å². The van der Waals surface area contributed by atoms with Crippen molar-refractivity contribution < 1.29 is 9.84 Å². The summed E-state index contributed by atoms with van der Waals surface area (Å²) in [7, 11) is 1.80. The highest BCUT2D eigenvalue weighted by Gasteiger charge is 2.09. The molecule has 0 radical (unpaired) electrons. The van der Waals surface area contributed by atoms with Gasteiger partial charge in [0.2, 0.25) is 5.95 Å². The van der Waals surface area contributed by atoms with Crippen LogP contribution in [-0.2, 0) is 4.74 Å². The predicted molar refractivity (Wildman–Crippen MR) is 78.1 cm³/mol. The number of hydrogen-bond acceptors (Lipinski definition) is 7. The van der Waals surface area contributed by atoms with Crippen LogP contribution < -0.4 is 10.6 Å². The molecule has 0 aliphatic rings. The summed E-state index contributed by atoms with van der Waals surface area (Å²) in [6.07, 6.45) is 0. The molecule has 0 aromatic carbocycles. The summed E-state index contributed by atoms with van der Waals surface area (Å²) in [5.41, 5.74) is 0. The maximum atomic E-state index is 8.62. The number of nitrogens with one attached hydrogen (secondary N) is 2. The lowest BCUT2D eigenvalue weighted by Gasteiger charge is -2.08. The van der Waals surface area contributed by atoms with Crippen LogP contribution in [0, 0.1) is 6.92 Å². The quantitative estimate of drug-likeness (QED) is 0.667. The largest absolute Gasteiger partial charge is 0.394 e. The molecule has 6 nitrogen and oxygen atoms in total. The molecular weight excluding hydrogens is 264 g/mol. The van der Waals surface area contributed by atoms with E-state index in [4.69, 9.17) is 9.84 Å². The summed E-state index contributed by atoms with van der Waals surface area (Å²) < 4.78 is 5.21. The number of fused-ring (bicyclic) bond motifs is 1. The van der Waals surface area contributed by atoms with Gasteiger partial charge in [0, 0.05) is 18.5 Å². The number of aryl methyl sites for hydroxylation is 1. The van der Waals surface area contributed by atoms with E-state index < -0.39 is 0 Å². The van der Waals surface area contributed by atoms with Crippen molar-refractivity contribution in [1.29, 1.82) is 0 Å². The first-order valence-corrected chi connectivity index (χ1v) is 6.94. The molecule has 2 rings (SSSR count). The lowest BCUT2D eigenvalue weighted by atomic mass is 10.3. The molecule has 0 amide bonds. The second kappa shape index (κ2) is 6.65. The average Bonchev–Trinajstić information content (AvgIpc) is 2.78. The smallest absolute Gasteiger partial charge is 0.225 e. The highest BCUT2D eigenvalue weighted by Crippen LogP contribution is 2.29. The first-order valence-electron chi connectivity index (χ1n) is 6.13. The van der Waals surface area contributed by atoms with Gasteiger partial charge in [0.15, 0.2) is 0 Å². The molecule has 104 valence electrons. The molecule has 2 heterocycles. The highest BCUT2D eigenvalue weighted by molar-refractivity contribution is 7.18. The molecule has 2 aromatic rings. The Morgan fingerprint density at radius 3 is 2.95 bits per heavy atom. The van der Waals surface area contributed by atoms with E-state index in [1.807, 2.05) is 0 Å². The normalized spacial score (nSPS) is 10.9. The van der Waals surface area contributed by atoms with E-state index in [-0.39, 0.29) is 6.61 Å². The Balaban J connectivity index is 2.11. The van der Waals surface area contributed by atoms with Crippen LogP contribution in [-0.4, -0.2) is 48.5 Å². The van der Waals surface area contributed by atoms with Crippen LogP contribution >= 0.6 is 11.3 Å². The lowest BCUT2D eigenvalue weighted by Crippen LogP contribution is -2.13. The Morgan fingerprint density at radius 2 is 2.21 bits per heavy atom. The number of ether oxygens (including phenoxy) is 1. The Hall–Kier alpha value is -1.44. The van der Waals surface area contributed by atoms with E-state index in [0.29, 0.717) is 25.7 Å². The monoisotopic (exact) mass is 282 g/mol. The van der Waals surface area contributed by atoms with Crippen molar-refractivity contribution in [2.75, 3.05) is 44.0 Å². The lowest BCUT2D eigenvalue weighted by molar-refractivity contribution is 0.0992. The molecule has 0 aliphatic carbocycles. The number of aliphatic hydroxyl groups is 1. The molecule has 2 aromatic heterocycles. The van der Waals surface area contributed by atoms with Gasteiger partial charge in [-0.3, -0.25) is 0 Å². The van der Waals surface area contributed by atoms with Crippen LogP contribution in [0.5, 0.6) is 0 Å². The van der Waals surface area contributed by atoms with Crippen molar-refractivity contribution in [3.05, 3.63) is 10.9 Å². The minimum Gasteiger partial charge on any atom is -0.394 e. The second-order valence-corrected chi connectivity index (χ2v) is 5.22. The zero-order valence-electron chi connectivity index (χ0n) is 11.1. The maximum Gasteiger partial charge on any atom is 0.225 e. The van der Waals surface area contributed by atoms with E-state index in [1.165, 1.54) is 4.88 Å². The molecule has 0 spiro atoms. The summed E-state index contributed by atoms with van der Waals surface area (Å²) in [4.78, 5) is 11.0. The van der Waals surface area contributed by atoms with Crippen LogP contribution in [0.25, 0.3) is 10.2 Å². The van der Waals surface area contributed by atoms with Crippen LogP contribution in [0.15, 0.2) is 6.07 Å². The fourth-order valence-corrected chi connectivity index (χ4v) is 2.58. The Kier molecular flexibility index (Phi) is 4.89. The minimum absolute atomic E-state index is 0.0470. The van der Waals surface area contributed by atoms with Gasteiger partial charge in [-0.15, -0.1) is 11.3 Å². The second-order valence-electron chi connectivity index (χ2n) is 3.98. The topological polar surface area (TPSA) is 79.3 Å². The van der Waals surface area contributed by atoms with Crippen molar-refractivity contribution in [3.8, 4) is 0 Å². The molecule has 0 bridgehead atoms. The summed E-state index contributed by atoms with van der Waals surface area (Å²) in [5, 5.41) is 15.9. The molecule has 0 aliphatic heterocycles. The first-order chi connectivity index (χ1) is 9.24. The first kappa shape index (κ1) is 14.0. The van der Waals surface area contributed by atoms with Gasteiger partial charge in [-0.25, -0.2) is 4.98 Å². The molecule has 7 heteroatoms. The number of anilines is 2.